The number of aryl methyl sites for hydroxylation is 1. The van der Waals surface area contributed by atoms with Gasteiger partial charge in [0.25, 0.3) is 5.91 Å². The minimum Gasteiger partial charge on any atom is -0.406 e. The first-order valence-electron chi connectivity index (χ1n) is 8.06. The van der Waals surface area contributed by atoms with Gasteiger partial charge in [0.1, 0.15) is 5.75 Å². The molecule has 3 rings (SSSR count). The van der Waals surface area contributed by atoms with Gasteiger partial charge in [-0.15, -0.1) is 13.2 Å². The monoisotopic (exact) mass is 351 g/mol. The molecule has 0 saturated carbocycles. The maximum Gasteiger partial charge on any atom is 0.573 e. The van der Waals surface area contributed by atoms with Crippen LogP contribution in [0.15, 0.2) is 42.5 Å². The molecule has 0 radical (unpaired) electrons. The van der Waals surface area contributed by atoms with E-state index in [9.17, 15) is 18.0 Å². The highest BCUT2D eigenvalue weighted by molar-refractivity contribution is 5.99. The van der Waals surface area contributed by atoms with Gasteiger partial charge in [0.2, 0.25) is 0 Å². The molecular formula is C19H20F3NO2. The van der Waals surface area contributed by atoms with E-state index in [-0.39, 0.29) is 11.7 Å². The van der Waals surface area contributed by atoms with E-state index in [0.717, 1.165) is 22.3 Å². The molecule has 0 aromatic heterocycles. The smallest absolute Gasteiger partial charge is 0.406 e. The summed E-state index contributed by atoms with van der Waals surface area (Å²) in [4.78, 5) is 14.1. The van der Waals surface area contributed by atoms with Gasteiger partial charge in [-0.1, -0.05) is 44.2 Å². The molecule has 2 aromatic carbocycles. The quantitative estimate of drug-likeness (QED) is 0.772. The Hall–Kier alpha value is -2.50. The molecule has 0 bridgehead atoms. The van der Waals surface area contributed by atoms with E-state index in [4.69, 9.17) is 0 Å². The van der Waals surface area contributed by atoms with E-state index in [1.54, 1.807) is 4.90 Å². The lowest BCUT2D eigenvalue weighted by Gasteiger charge is -2.16. The second-order valence-corrected chi connectivity index (χ2v) is 5.46. The zero-order chi connectivity index (χ0) is 18.6. The van der Waals surface area contributed by atoms with E-state index in [2.05, 4.69) is 4.74 Å². The Morgan fingerprint density at radius 3 is 2.28 bits per heavy atom. The molecule has 25 heavy (non-hydrogen) atoms. The van der Waals surface area contributed by atoms with Crippen molar-refractivity contribution < 1.29 is 22.7 Å². The summed E-state index contributed by atoms with van der Waals surface area (Å²) in [6.45, 7) is 6.75. The van der Waals surface area contributed by atoms with Crippen LogP contribution in [0, 0.1) is 6.92 Å². The highest BCUT2D eigenvalue weighted by Gasteiger charge is 2.31. The summed E-state index contributed by atoms with van der Waals surface area (Å²) in [6, 6.07) is 11.3. The van der Waals surface area contributed by atoms with Crippen molar-refractivity contribution in [3.05, 3.63) is 64.7 Å². The van der Waals surface area contributed by atoms with E-state index in [1.807, 2.05) is 39.0 Å². The number of alkyl halides is 3. The molecule has 0 aliphatic carbocycles. The van der Waals surface area contributed by atoms with Gasteiger partial charge in [-0.25, -0.2) is 0 Å². The molecule has 3 nitrogen and oxygen atoms in total. The van der Waals surface area contributed by atoms with Gasteiger partial charge >= 0.3 is 6.36 Å². The first kappa shape index (κ1) is 18.8. The fraction of sp³-hybridized carbons (Fsp3) is 0.316. The molecule has 1 aliphatic heterocycles. The molecule has 1 heterocycles. The van der Waals surface area contributed by atoms with E-state index in [0.29, 0.717) is 13.1 Å². The van der Waals surface area contributed by atoms with Crippen LogP contribution in [0.4, 0.5) is 13.2 Å². The molecular weight excluding hydrogens is 331 g/mol. The van der Waals surface area contributed by atoms with Gasteiger partial charge in [-0.2, -0.15) is 0 Å². The van der Waals surface area contributed by atoms with E-state index < -0.39 is 6.36 Å². The largest absolute Gasteiger partial charge is 0.573 e. The predicted molar refractivity (Wildman–Crippen MR) is 89.2 cm³/mol. The lowest BCUT2D eigenvalue weighted by Crippen LogP contribution is -2.23. The van der Waals surface area contributed by atoms with Crippen molar-refractivity contribution in [3.8, 4) is 5.75 Å². The van der Waals surface area contributed by atoms with Crippen molar-refractivity contribution in [3.63, 3.8) is 0 Å². The number of rotatable bonds is 3. The maximum absolute atomic E-state index is 12.4. The topological polar surface area (TPSA) is 29.5 Å². The Morgan fingerprint density at radius 2 is 1.72 bits per heavy atom. The minimum absolute atomic E-state index is 0.0475. The zero-order valence-corrected chi connectivity index (χ0v) is 14.4. The highest BCUT2D eigenvalue weighted by atomic mass is 19.4. The van der Waals surface area contributed by atoms with Crippen LogP contribution in [0.5, 0.6) is 5.75 Å². The minimum atomic E-state index is -4.70. The van der Waals surface area contributed by atoms with Gasteiger partial charge in [0.15, 0.2) is 0 Å². The summed E-state index contributed by atoms with van der Waals surface area (Å²) in [5, 5.41) is 0. The van der Waals surface area contributed by atoms with Crippen LogP contribution in [0.25, 0.3) is 0 Å². The maximum atomic E-state index is 12.4. The van der Waals surface area contributed by atoms with Gasteiger partial charge < -0.3 is 9.64 Å². The normalized spacial score (nSPS) is 13.2. The van der Waals surface area contributed by atoms with Crippen molar-refractivity contribution in [2.45, 2.75) is 40.2 Å². The van der Waals surface area contributed by atoms with Crippen molar-refractivity contribution in [2.24, 2.45) is 0 Å². The number of carbonyl (C=O) groups is 1. The lowest BCUT2D eigenvalue weighted by molar-refractivity contribution is -0.274. The summed E-state index contributed by atoms with van der Waals surface area (Å²) in [5.74, 6) is -0.318. The van der Waals surface area contributed by atoms with Crippen molar-refractivity contribution >= 4 is 5.91 Å². The Kier molecular flexibility index (Phi) is 5.72. The molecule has 0 atom stereocenters. The zero-order valence-electron chi connectivity index (χ0n) is 14.4. The molecule has 0 fully saturated rings. The molecule has 134 valence electrons. The van der Waals surface area contributed by atoms with Crippen LogP contribution >= 0.6 is 0 Å². The van der Waals surface area contributed by atoms with Crippen molar-refractivity contribution in [1.82, 2.24) is 4.90 Å². The number of nitrogens with zero attached hydrogens (tertiary/aromatic N) is 1. The third-order valence-corrected chi connectivity index (χ3v) is 3.75. The predicted octanol–water partition coefficient (Wildman–Crippen LogP) is 5.08. The Labute approximate surface area is 145 Å². The average molecular weight is 351 g/mol. The number of carbonyl (C=O) groups excluding carboxylic acids is 1. The van der Waals surface area contributed by atoms with Gasteiger partial charge in [-0.05, 0) is 35.7 Å². The van der Waals surface area contributed by atoms with Crippen LogP contribution in [0.2, 0.25) is 0 Å². The lowest BCUT2D eigenvalue weighted by atomic mass is 10.0. The van der Waals surface area contributed by atoms with Crippen LogP contribution < -0.4 is 4.74 Å². The van der Waals surface area contributed by atoms with Gasteiger partial charge in [0, 0.05) is 18.7 Å². The van der Waals surface area contributed by atoms with Gasteiger partial charge in [0.05, 0.1) is 0 Å². The number of amides is 1. The molecule has 6 heteroatoms. The number of ether oxygens (including phenoxy) is 1. The van der Waals surface area contributed by atoms with Crippen LogP contribution in [-0.4, -0.2) is 17.2 Å². The summed E-state index contributed by atoms with van der Waals surface area (Å²) in [7, 11) is 0. The highest BCUT2D eigenvalue weighted by Crippen LogP contribution is 2.28. The van der Waals surface area contributed by atoms with E-state index >= 15 is 0 Å². The molecule has 1 aliphatic rings. The molecule has 1 amide bonds. The van der Waals surface area contributed by atoms with Crippen molar-refractivity contribution in [1.29, 1.82) is 0 Å². The molecule has 0 saturated heterocycles. The third-order valence-electron chi connectivity index (χ3n) is 3.75. The third kappa shape index (κ3) is 4.53. The second kappa shape index (κ2) is 7.59. The summed E-state index contributed by atoms with van der Waals surface area (Å²) < 4.78 is 40.2. The molecule has 0 unspecified atom stereocenters. The SMILES string of the molecule is CC.Cc1cccc2c1C(=O)N(Cc1ccc(OC(F)(F)F)cc1)C2. The average Bonchev–Trinajstić information content (AvgIpc) is 2.87. The molecule has 2 aromatic rings. The Balaban J connectivity index is 0.00000109. The standard InChI is InChI=1S/C17H14F3NO2.C2H6/c1-11-3-2-4-13-10-21(16(22)15(11)13)9-12-5-7-14(8-6-12)23-17(18,19)20;1-2/h2-8H,9-10H2,1H3;1-2H3. The van der Waals surface area contributed by atoms with Crippen LogP contribution in [0.3, 0.4) is 0 Å². The van der Waals surface area contributed by atoms with E-state index in [1.165, 1.54) is 24.3 Å². The van der Waals surface area contributed by atoms with Gasteiger partial charge in [-0.3, -0.25) is 4.79 Å². The molecule has 0 N–H and O–H groups in total. The van der Waals surface area contributed by atoms with Crippen LogP contribution in [0.1, 0.15) is 40.9 Å². The summed E-state index contributed by atoms with van der Waals surface area (Å²) in [6.07, 6.45) is -4.70. The van der Waals surface area contributed by atoms with Crippen LogP contribution in [-0.2, 0) is 13.1 Å². The fourth-order valence-corrected chi connectivity index (χ4v) is 2.75. The molecule has 0 spiro atoms. The summed E-state index contributed by atoms with van der Waals surface area (Å²) >= 11 is 0. The number of fused-ring (bicyclic) bond motifs is 1. The number of hydrogen-bond donors (Lipinski definition) is 0. The number of benzene rings is 2. The number of hydrogen-bond acceptors (Lipinski definition) is 2. The number of halogens is 3. The second-order valence-electron chi connectivity index (χ2n) is 5.46. The fourth-order valence-electron chi connectivity index (χ4n) is 2.75. The summed E-state index contributed by atoms with van der Waals surface area (Å²) in [5.41, 5.74) is 3.39. The van der Waals surface area contributed by atoms with Crippen molar-refractivity contribution in [2.75, 3.05) is 0 Å². The first-order chi connectivity index (χ1) is 11.8. The Bertz CT molecular complexity index is 739. The Morgan fingerprint density at radius 1 is 1.08 bits per heavy atom. The first-order valence-corrected chi connectivity index (χ1v) is 8.06.